The predicted octanol–water partition coefficient (Wildman–Crippen LogP) is 4.91. The van der Waals surface area contributed by atoms with Crippen molar-refractivity contribution in [2.75, 3.05) is 5.32 Å². The van der Waals surface area contributed by atoms with E-state index >= 15 is 0 Å². The number of anilines is 1. The SMILES string of the molecule is Cc1cc(Br)cc(C)c1NC(C)CC(C)C. The van der Waals surface area contributed by atoms with E-state index < -0.39 is 0 Å². The number of aryl methyl sites for hydroxylation is 2. The van der Waals surface area contributed by atoms with Crippen LogP contribution in [0.4, 0.5) is 5.69 Å². The average Bonchev–Trinajstić information content (AvgIpc) is 2.09. The second-order valence-electron chi connectivity index (χ2n) is 5.09. The Bertz CT molecular complexity index is 335. The zero-order valence-electron chi connectivity index (χ0n) is 10.9. The van der Waals surface area contributed by atoms with Gasteiger partial charge in [0.05, 0.1) is 0 Å². The van der Waals surface area contributed by atoms with Crippen LogP contribution in [-0.2, 0) is 0 Å². The third-order valence-electron chi connectivity index (χ3n) is 2.71. The van der Waals surface area contributed by atoms with Gasteiger partial charge in [-0.3, -0.25) is 0 Å². The Morgan fingerprint density at radius 1 is 1.12 bits per heavy atom. The van der Waals surface area contributed by atoms with Crippen LogP contribution in [0.2, 0.25) is 0 Å². The maximum Gasteiger partial charge on any atom is 0.0402 e. The van der Waals surface area contributed by atoms with E-state index in [0.29, 0.717) is 6.04 Å². The highest BCUT2D eigenvalue weighted by atomic mass is 79.9. The molecule has 0 fully saturated rings. The van der Waals surface area contributed by atoms with Crippen LogP contribution in [-0.4, -0.2) is 6.04 Å². The highest BCUT2D eigenvalue weighted by Gasteiger charge is 2.09. The molecular weight excluding hydrogens is 262 g/mol. The highest BCUT2D eigenvalue weighted by Crippen LogP contribution is 2.26. The first-order chi connectivity index (χ1) is 7.40. The molecule has 1 N–H and O–H groups in total. The normalized spacial score (nSPS) is 12.9. The van der Waals surface area contributed by atoms with Crippen LogP contribution in [0, 0.1) is 19.8 Å². The van der Waals surface area contributed by atoms with Gasteiger partial charge in [-0.25, -0.2) is 0 Å². The van der Waals surface area contributed by atoms with Gasteiger partial charge in [0.25, 0.3) is 0 Å². The Kier molecular flexibility index (Phi) is 4.85. The minimum Gasteiger partial charge on any atom is -0.382 e. The summed E-state index contributed by atoms with van der Waals surface area (Å²) in [5, 5.41) is 3.62. The summed E-state index contributed by atoms with van der Waals surface area (Å²) >= 11 is 3.53. The van der Waals surface area contributed by atoms with Gasteiger partial charge in [0.1, 0.15) is 0 Å². The lowest BCUT2D eigenvalue weighted by atomic mass is 10.0. The van der Waals surface area contributed by atoms with E-state index in [9.17, 15) is 0 Å². The summed E-state index contributed by atoms with van der Waals surface area (Å²) in [6.07, 6.45) is 1.20. The van der Waals surface area contributed by atoms with Crippen molar-refractivity contribution < 1.29 is 0 Å². The van der Waals surface area contributed by atoms with Crippen LogP contribution in [0.1, 0.15) is 38.3 Å². The van der Waals surface area contributed by atoms with Gasteiger partial charge in [0.15, 0.2) is 0 Å². The predicted molar refractivity (Wildman–Crippen MR) is 76.2 cm³/mol. The molecule has 1 rings (SSSR count). The number of halogens is 1. The summed E-state index contributed by atoms with van der Waals surface area (Å²) < 4.78 is 1.16. The van der Waals surface area contributed by atoms with Gasteiger partial charge in [0.2, 0.25) is 0 Å². The maximum atomic E-state index is 3.62. The molecule has 2 heteroatoms. The van der Waals surface area contributed by atoms with E-state index in [2.05, 4.69) is 68.0 Å². The van der Waals surface area contributed by atoms with E-state index in [-0.39, 0.29) is 0 Å². The van der Waals surface area contributed by atoms with Crippen LogP contribution in [0.5, 0.6) is 0 Å². The first-order valence-corrected chi connectivity index (χ1v) is 6.72. The maximum absolute atomic E-state index is 3.62. The second-order valence-corrected chi connectivity index (χ2v) is 6.01. The Labute approximate surface area is 108 Å². The summed E-state index contributed by atoms with van der Waals surface area (Å²) in [6.45, 7) is 11.1. The molecule has 1 unspecified atom stereocenters. The van der Waals surface area contributed by atoms with E-state index in [0.717, 1.165) is 10.4 Å². The monoisotopic (exact) mass is 283 g/mol. The van der Waals surface area contributed by atoms with Gasteiger partial charge in [-0.2, -0.15) is 0 Å². The molecule has 0 aliphatic rings. The molecule has 90 valence electrons. The zero-order valence-corrected chi connectivity index (χ0v) is 12.5. The Morgan fingerprint density at radius 3 is 2.06 bits per heavy atom. The van der Waals surface area contributed by atoms with Gasteiger partial charge < -0.3 is 5.32 Å². The van der Waals surface area contributed by atoms with Crippen LogP contribution < -0.4 is 5.32 Å². The third-order valence-corrected chi connectivity index (χ3v) is 3.17. The fourth-order valence-corrected chi connectivity index (χ4v) is 2.84. The highest BCUT2D eigenvalue weighted by molar-refractivity contribution is 9.10. The van der Waals surface area contributed by atoms with E-state index in [1.165, 1.54) is 23.2 Å². The quantitative estimate of drug-likeness (QED) is 0.828. The first kappa shape index (κ1) is 13.6. The minimum atomic E-state index is 0.526. The van der Waals surface area contributed by atoms with Crippen LogP contribution >= 0.6 is 15.9 Å². The van der Waals surface area contributed by atoms with Crippen molar-refractivity contribution >= 4 is 21.6 Å². The van der Waals surface area contributed by atoms with Crippen molar-refractivity contribution in [3.05, 3.63) is 27.7 Å². The molecule has 0 heterocycles. The minimum absolute atomic E-state index is 0.526. The molecule has 1 nitrogen and oxygen atoms in total. The molecule has 1 aromatic rings. The van der Waals surface area contributed by atoms with Crippen LogP contribution in [0.25, 0.3) is 0 Å². The molecule has 0 aliphatic heterocycles. The molecule has 0 saturated heterocycles. The lowest BCUT2D eigenvalue weighted by Gasteiger charge is -2.20. The zero-order chi connectivity index (χ0) is 12.3. The van der Waals surface area contributed by atoms with Crippen molar-refractivity contribution in [2.45, 2.75) is 47.1 Å². The fraction of sp³-hybridized carbons (Fsp3) is 0.571. The lowest BCUT2D eigenvalue weighted by Crippen LogP contribution is -2.18. The topological polar surface area (TPSA) is 12.0 Å². The summed E-state index contributed by atoms with van der Waals surface area (Å²) in [5.41, 5.74) is 3.90. The molecular formula is C14H22BrN. The standard InChI is InChI=1S/C14H22BrN/c1-9(2)6-12(5)16-14-10(3)7-13(15)8-11(14)4/h7-9,12,16H,6H2,1-5H3. The van der Waals surface area contributed by atoms with Crippen molar-refractivity contribution in [3.8, 4) is 0 Å². The Balaban J connectivity index is 2.81. The number of hydrogen-bond acceptors (Lipinski definition) is 1. The first-order valence-electron chi connectivity index (χ1n) is 5.93. The molecule has 0 bridgehead atoms. The summed E-state index contributed by atoms with van der Waals surface area (Å²) in [7, 11) is 0. The van der Waals surface area contributed by atoms with E-state index in [1.807, 2.05) is 0 Å². The second kappa shape index (κ2) is 5.72. The van der Waals surface area contributed by atoms with E-state index in [1.54, 1.807) is 0 Å². The molecule has 0 radical (unpaired) electrons. The van der Waals surface area contributed by atoms with Crippen molar-refractivity contribution in [3.63, 3.8) is 0 Å². The summed E-state index contributed by atoms with van der Waals surface area (Å²) in [4.78, 5) is 0. The van der Waals surface area contributed by atoms with Crippen molar-refractivity contribution in [1.29, 1.82) is 0 Å². The van der Waals surface area contributed by atoms with Gasteiger partial charge in [-0.1, -0.05) is 29.8 Å². The molecule has 0 aromatic heterocycles. The molecule has 1 atom stereocenters. The van der Waals surface area contributed by atoms with Crippen LogP contribution in [0.15, 0.2) is 16.6 Å². The van der Waals surface area contributed by atoms with Gasteiger partial charge in [-0.05, 0) is 56.4 Å². The number of nitrogens with one attached hydrogen (secondary N) is 1. The molecule has 16 heavy (non-hydrogen) atoms. The smallest absolute Gasteiger partial charge is 0.0402 e. The van der Waals surface area contributed by atoms with Gasteiger partial charge in [-0.15, -0.1) is 0 Å². The van der Waals surface area contributed by atoms with E-state index in [4.69, 9.17) is 0 Å². The summed E-state index contributed by atoms with van der Waals surface area (Å²) in [5.74, 6) is 0.735. The average molecular weight is 284 g/mol. The Hall–Kier alpha value is -0.500. The van der Waals surface area contributed by atoms with Crippen molar-refractivity contribution in [2.24, 2.45) is 5.92 Å². The Morgan fingerprint density at radius 2 is 1.62 bits per heavy atom. The number of rotatable bonds is 4. The summed E-state index contributed by atoms with van der Waals surface area (Å²) in [6, 6.07) is 4.85. The number of hydrogen-bond donors (Lipinski definition) is 1. The largest absolute Gasteiger partial charge is 0.382 e. The fourth-order valence-electron chi connectivity index (χ4n) is 2.15. The van der Waals surface area contributed by atoms with Gasteiger partial charge >= 0.3 is 0 Å². The molecule has 0 amide bonds. The van der Waals surface area contributed by atoms with Gasteiger partial charge in [0, 0.05) is 16.2 Å². The molecule has 1 aromatic carbocycles. The van der Waals surface area contributed by atoms with Crippen LogP contribution in [0.3, 0.4) is 0 Å². The molecule has 0 saturated carbocycles. The molecule has 0 aliphatic carbocycles. The third kappa shape index (κ3) is 3.82. The molecule has 0 spiro atoms. The van der Waals surface area contributed by atoms with Crippen molar-refractivity contribution in [1.82, 2.24) is 0 Å². The number of benzene rings is 1. The lowest BCUT2D eigenvalue weighted by molar-refractivity contribution is 0.539.